The SMILES string of the molecule is Cc1cccnc1C1(O)CC2CCC(C1)N2C(=O)OC(C)(C)C. The number of hydrogen-bond donors (Lipinski definition) is 1. The number of carbonyl (C=O) groups is 1. The smallest absolute Gasteiger partial charge is 0.410 e. The quantitative estimate of drug-likeness (QED) is 0.864. The molecule has 0 spiro atoms. The third-order valence-corrected chi connectivity index (χ3v) is 4.82. The molecule has 2 aliphatic rings. The average molecular weight is 318 g/mol. The zero-order valence-electron chi connectivity index (χ0n) is 14.4. The summed E-state index contributed by atoms with van der Waals surface area (Å²) in [6.07, 6.45) is 4.35. The summed E-state index contributed by atoms with van der Waals surface area (Å²) in [5.74, 6) is 0. The van der Waals surface area contributed by atoms with Crippen molar-refractivity contribution in [1.82, 2.24) is 9.88 Å². The molecule has 5 heteroatoms. The van der Waals surface area contributed by atoms with Crippen molar-refractivity contribution in [1.29, 1.82) is 0 Å². The van der Waals surface area contributed by atoms with Gasteiger partial charge in [-0.05, 0) is 52.2 Å². The van der Waals surface area contributed by atoms with Crippen LogP contribution < -0.4 is 0 Å². The Bertz CT molecular complexity index is 595. The Balaban J connectivity index is 1.82. The number of carbonyl (C=O) groups excluding carboxylic acids is 1. The van der Waals surface area contributed by atoms with Gasteiger partial charge in [0.05, 0.1) is 5.69 Å². The maximum absolute atomic E-state index is 12.5. The summed E-state index contributed by atoms with van der Waals surface area (Å²) in [7, 11) is 0. The summed E-state index contributed by atoms with van der Waals surface area (Å²) in [5, 5.41) is 11.2. The molecule has 2 saturated heterocycles. The van der Waals surface area contributed by atoms with Gasteiger partial charge in [-0.15, -0.1) is 0 Å². The van der Waals surface area contributed by atoms with Crippen LogP contribution in [0.1, 0.15) is 57.7 Å². The molecule has 3 rings (SSSR count). The lowest BCUT2D eigenvalue weighted by Gasteiger charge is -2.43. The molecule has 23 heavy (non-hydrogen) atoms. The summed E-state index contributed by atoms with van der Waals surface area (Å²) in [4.78, 5) is 18.8. The van der Waals surface area contributed by atoms with E-state index in [-0.39, 0.29) is 18.2 Å². The van der Waals surface area contributed by atoms with Crippen LogP contribution in [0.4, 0.5) is 4.79 Å². The van der Waals surface area contributed by atoms with E-state index in [1.165, 1.54) is 0 Å². The highest BCUT2D eigenvalue weighted by atomic mass is 16.6. The van der Waals surface area contributed by atoms with Crippen molar-refractivity contribution in [3.63, 3.8) is 0 Å². The maximum atomic E-state index is 12.5. The van der Waals surface area contributed by atoms with E-state index >= 15 is 0 Å². The van der Waals surface area contributed by atoms with E-state index in [9.17, 15) is 9.90 Å². The fourth-order valence-corrected chi connectivity index (χ4v) is 4.00. The van der Waals surface area contributed by atoms with Crippen LogP contribution in [0.25, 0.3) is 0 Å². The van der Waals surface area contributed by atoms with Gasteiger partial charge in [0.15, 0.2) is 0 Å². The first-order valence-corrected chi connectivity index (χ1v) is 8.35. The van der Waals surface area contributed by atoms with Crippen LogP contribution in [0.5, 0.6) is 0 Å². The Kier molecular flexibility index (Phi) is 3.87. The van der Waals surface area contributed by atoms with Crippen molar-refractivity contribution < 1.29 is 14.6 Å². The molecule has 2 fully saturated rings. The number of aliphatic hydroxyl groups is 1. The number of ether oxygens (including phenoxy) is 1. The molecule has 2 aliphatic heterocycles. The Morgan fingerprint density at radius 1 is 1.35 bits per heavy atom. The van der Waals surface area contributed by atoms with Crippen LogP contribution in [-0.2, 0) is 10.3 Å². The van der Waals surface area contributed by atoms with Crippen molar-refractivity contribution in [3.8, 4) is 0 Å². The van der Waals surface area contributed by atoms with Gasteiger partial charge >= 0.3 is 6.09 Å². The molecule has 1 N–H and O–H groups in total. The maximum Gasteiger partial charge on any atom is 0.410 e. The zero-order valence-corrected chi connectivity index (χ0v) is 14.4. The zero-order chi connectivity index (χ0) is 16.8. The molecule has 1 aromatic rings. The van der Waals surface area contributed by atoms with Gasteiger partial charge in [0, 0.05) is 31.1 Å². The summed E-state index contributed by atoms with van der Waals surface area (Å²) in [6.45, 7) is 7.61. The van der Waals surface area contributed by atoms with Crippen LogP contribution in [-0.4, -0.2) is 38.8 Å². The third kappa shape index (κ3) is 3.07. The second-order valence-corrected chi connectivity index (χ2v) is 7.88. The first-order valence-electron chi connectivity index (χ1n) is 8.35. The lowest BCUT2D eigenvalue weighted by molar-refractivity contribution is -0.0650. The molecular weight excluding hydrogens is 292 g/mol. The molecule has 3 heterocycles. The summed E-state index contributed by atoms with van der Waals surface area (Å²) in [6, 6.07) is 3.90. The number of aryl methyl sites for hydroxylation is 1. The van der Waals surface area contributed by atoms with Gasteiger partial charge in [-0.3, -0.25) is 4.98 Å². The van der Waals surface area contributed by atoms with E-state index < -0.39 is 11.2 Å². The lowest BCUT2D eigenvalue weighted by atomic mass is 9.82. The normalized spacial score (nSPS) is 30.4. The van der Waals surface area contributed by atoms with Gasteiger partial charge < -0.3 is 14.7 Å². The molecule has 0 radical (unpaired) electrons. The molecule has 2 unspecified atom stereocenters. The third-order valence-electron chi connectivity index (χ3n) is 4.82. The number of aromatic nitrogens is 1. The van der Waals surface area contributed by atoms with Crippen LogP contribution in [0.2, 0.25) is 0 Å². The monoisotopic (exact) mass is 318 g/mol. The summed E-state index contributed by atoms with van der Waals surface area (Å²) >= 11 is 0. The van der Waals surface area contributed by atoms with E-state index in [1.807, 2.05) is 44.7 Å². The summed E-state index contributed by atoms with van der Waals surface area (Å²) < 4.78 is 5.55. The Labute approximate surface area is 137 Å². The first-order chi connectivity index (χ1) is 10.7. The number of fused-ring (bicyclic) bond motifs is 2. The second kappa shape index (κ2) is 5.48. The fraction of sp³-hybridized carbons (Fsp3) is 0.667. The van der Waals surface area contributed by atoms with Gasteiger partial charge in [0.25, 0.3) is 0 Å². The van der Waals surface area contributed by atoms with E-state index in [2.05, 4.69) is 4.98 Å². The van der Waals surface area contributed by atoms with Gasteiger partial charge in [0.2, 0.25) is 0 Å². The van der Waals surface area contributed by atoms with Crippen LogP contribution in [0.3, 0.4) is 0 Å². The van der Waals surface area contributed by atoms with E-state index in [4.69, 9.17) is 4.74 Å². The number of nitrogens with zero attached hydrogens (tertiary/aromatic N) is 2. The number of pyridine rings is 1. The molecule has 0 aliphatic carbocycles. The molecule has 1 amide bonds. The number of piperidine rings is 1. The Hall–Kier alpha value is -1.62. The summed E-state index contributed by atoms with van der Waals surface area (Å²) in [5.41, 5.74) is 0.304. The van der Waals surface area contributed by atoms with Crippen molar-refractivity contribution in [2.45, 2.75) is 76.7 Å². The molecule has 1 aromatic heterocycles. The van der Waals surface area contributed by atoms with Gasteiger partial charge in [0.1, 0.15) is 11.2 Å². The van der Waals surface area contributed by atoms with Crippen LogP contribution >= 0.6 is 0 Å². The molecule has 2 bridgehead atoms. The van der Waals surface area contributed by atoms with Crippen molar-refractivity contribution in [2.24, 2.45) is 0 Å². The van der Waals surface area contributed by atoms with E-state index in [1.54, 1.807) is 6.20 Å². The van der Waals surface area contributed by atoms with Gasteiger partial charge in [-0.1, -0.05) is 6.07 Å². The van der Waals surface area contributed by atoms with Gasteiger partial charge in [-0.25, -0.2) is 4.79 Å². The second-order valence-electron chi connectivity index (χ2n) is 7.88. The Morgan fingerprint density at radius 3 is 2.48 bits per heavy atom. The minimum atomic E-state index is -0.949. The van der Waals surface area contributed by atoms with E-state index in [0.29, 0.717) is 12.8 Å². The molecule has 126 valence electrons. The first kappa shape index (κ1) is 16.2. The van der Waals surface area contributed by atoms with Crippen LogP contribution in [0, 0.1) is 6.92 Å². The van der Waals surface area contributed by atoms with Crippen molar-refractivity contribution in [2.75, 3.05) is 0 Å². The van der Waals surface area contributed by atoms with Crippen molar-refractivity contribution in [3.05, 3.63) is 29.6 Å². The van der Waals surface area contributed by atoms with E-state index in [0.717, 1.165) is 24.1 Å². The molecule has 0 saturated carbocycles. The minimum absolute atomic E-state index is 0.0232. The largest absolute Gasteiger partial charge is 0.444 e. The molecule has 5 nitrogen and oxygen atoms in total. The average Bonchev–Trinajstić information content (AvgIpc) is 2.70. The van der Waals surface area contributed by atoms with Crippen LogP contribution in [0.15, 0.2) is 18.3 Å². The minimum Gasteiger partial charge on any atom is -0.444 e. The highest BCUT2D eigenvalue weighted by Gasteiger charge is 2.51. The standard InChI is InChI=1S/C18H26N2O3/c1-12-6-5-9-19-15(12)18(22)10-13-7-8-14(11-18)20(13)16(21)23-17(2,3)4/h5-6,9,13-14,22H,7-8,10-11H2,1-4H3. The molecular formula is C18H26N2O3. The lowest BCUT2D eigenvalue weighted by Crippen LogP contribution is -2.53. The molecule has 0 aromatic carbocycles. The Morgan fingerprint density at radius 2 is 1.96 bits per heavy atom. The van der Waals surface area contributed by atoms with Gasteiger partial charge in [-0.2, -0.15) is 0 Å². The predicted molar refractivity (Wildman–Crippen MR) is 87.0 cm³/mol. The molecule has 2 atom stereocenters. The predicted octanol–water partition coefficient (Wildman–Crippen LogP) is 3.14. The number of rotatable bonds is 1. The number of hydrogen-bond acceptors (Lipinski definition) is 4. The highest BCUT2D eigenvalue weighted by molar-refractivity contribution is 5.69. The fourth-order valence-electron chi connectivity index (χ4n) is 4.00. The highest BCUT2D eigenvalue weighted by Crippen LogP contribution is 2.46. The number of amides is 1. The van der Waals surface area contributed by atoms with Crippen molar-refractivity contribution >= 4 is 6.09 Å². The topological polar surface area (TPSA) is 62.7 Å².